The Morgan fingerprint density at radius 2 is 2.17 bits per heavy atom. The van der Waals surface area contributed by atoms with Crippen molar-refractivity contribution in [2.45, 2.75) is 32.9 Å². The van der Waals surface area contributed by atoms with E-state index in [-0.39, 0.29) is 5.54 Å². The van der Waals surface area contributed by atoms with Gasteiger partial charge in [0.05, 0.1) is 11.2 Å². The van der Waals surface area contributed by atoms with Crippen molar-refractivity contribution in [1.29, 1.82) is 0 Å². The van der Waals surface area contributed by atoms with E-state index in [4.69, 9.17) is 0 Å². The number of hydrogen-bond donors (Lipinski definition) is 1. The molecule has 1 rings (SSSR count). The molecule has 12 heavy (non-hydrogen) atoms. The molecule has 3 heteroatoms. The van der Waals surface area contributed by atoms with Gasteiger partial charge in [0, 0.05) is 12.7 Å². The fourth-order valence-corrected chi connectivity index (χ4v) is 1.01. The number of aromatic nitrogens is 2. The smallest absolute Gasteiger partial charge is 0.0762 e. The minimum atomic E-state index is 0.0893. The highest BCUT2D eigenvalue weighted by molar-refractivity contribution is 4.99. The van der Waals surface area contributed by atoms with Crippen molar-refractivity contribution in [2.75, 3.05) is 7.05 Å². The molecule has 0 aromatic carbocycles. The lowest BCUT2D eigenvalue weighted by molar-refractivity contribution is 0.352. The van der Waals surface area contributed by atoms with Crippen LogP contribution in [-0.4, -0.2) is 16.8 Å². The summed E-state index contributed by atoms with van der Waals surface area (Å²) in [5.74, 6) is 0. The van der Waals surface area contributed by atoms with E-state index in [1.807, 2.05) is 24.0 Å². The largest absolute Gasteiger partial charge is 0.314 e. The molecule has 1 aromatic rings. The van der Waals surface area contributed by atoms with Crippen molar-refractivity contribution in [1.82, 2.24) is 15.1 Å². The van der Waals surface area contributed by atoms with Crippen LogP contribution in [0, 0.1) is 0 Å². The molecule has 3 nitrogen and oxygen atoms in total. The van der Waals surface area contributed by atoms with Crippen LogP contribution in [0.25, 0.3) is 0 Å². The molecular weight excluding hydrogens is 150 g/mol. The number of nitrogens with zero attached hydrogens (tertiary/aromatic N) is 2. The summed E-state index contributed by atoms with van der Waals surface area (Å²) in [6.45, 7) is 7.26. The quantitative estimate of drug-likeness (QED) is 0.720. The van der Waals surface area contributed by atoms with Gasteiger partial charge < -0.3 is 5.32 Å². The van der Waals surface area contributed by atoms with Crippen LogP contribution in [0.15, 0.2) is 12.3 Å². The molecule has 0 aliphatic carbocycles. The first kappa shape index (κ1) is 9.26. The maximum atomic E-state index is 4.43. The van der Waals surface area contributed by atoms with Crippen LogP contribution in [-0.2, 0) is 12.1 Å². The fourth-order valence-electron chi connectivity index (χ4n) is 1.01. The fraction of sp³-hybridized carbons (Fsp3) is 0.667. The van der Waals surface area contributed by atoms with Gasteiger partial charge in [0.2, 0.25) is 0 Å². The zero-order valence-corrected chi connectivity index (χ0v) is 8.26. The number of hydrogen-bond acceptors (Lipinski definition) is 2. The maximum Gasteiger partial charge on any atom is 0.0762 e. The van der Waals surface area contributed by atoms with E-state index in [9.17, 15) is 0 Å². The van der Waals surface area contributed by atoms with Crippen molar-refractivity contribution in [3.05, 3.63) is 18.0 Å². The summed E-state index contributed by atoms with van der Waals surface area (Å²) < 4.78 is 1.99. The SMILES string of the molecule is CNCc1ccn(C(C)(C)C)n1. The van der Waals surface area contributed by atoms with E-state index in [1.54, 1.807) is 0 Å². The van der Waals surface area contributed by atoms with Gasteiger partial charge in [-0.1, -0.05) is 0 Å². The van der Waals surface area contributed by atoms with E-state index >= 15 is 0 Å². The summed E-state index contributed by atoms with van der Waals surface area (Å²) in [6.07, 6.45) is 2.02. The topological polar surface area (TPSA) is 29.9 Å². The summed E-state index contributed by atoms with van der Waals surface area (Å²) in [5, 5.41) is 7.50. The van der Waals surface area contributed by atoms with Crippen LogP contribution < -0.4 is 5.32 Å². The van der Waals surface area contributed by atoms with Crippen LogP contribution in [0.3, 0.4) is 0 Å². The molecule has 0 spiro atoms. The van der Waals surface area contributed by atoms with Crippen LogP contribution in [0.5, 0.6) is 0 Å². The third-order valence-corrected chi connectivity index (χ3v) is 1.69. The van der Waals surface area contributed by atoms with Crippen LogP contribution >= 0.6 is 0 Å². The molecule has 0 saturated heterocycles. The van der Waals surface area contributed by atoms with Gasteiger partial charge in [-0.05, 0) is 33.9 Å². The molecule has 0 aliphatic heterocycles. The van der Waals surface area contributed by atoms with Gasteiger partial charge >= 0.3 is 0 Å². The van der Waals surface area contributed by atoms with Crippen molar-refractivity contribution in [3.8, 4) is 0 Å². The maximum absolute atomic E-state index is 4.43. The molecule has 0 aliphatic rings. The van der Waals surface area contributed by atoms with Gasteiger partial charge in [0.1, 0.15) is 0 Å². The third-order valence-electron chi connectivity index (χ3n) is 1.69. The van der Waals surface area contributed by atoms with Crippen LogP contribution in [0.1, 0.15) is 26.5 Å². The Balaban J connectivity index is 2.77. The van der Waals surface area contributed by atoms with Gasteiger partial charge in [-0.15, -0.1) is 0 Å². The first-order chi connectivity index (χ1) is 5.54. The second-order valence-corrected chi connectivity index (χ2v) is 3.95. The average molecular weight is 167 g/mol. The molecule has 1 N–H and O–H groups in total. The van der Waals surface area contributed by atoms with Crippen molar-refractivity contribution < 1.29 is 0 Å². The monoisotopic (exact) mass is 167 g/mol. The predicted molar refractivity (Wildman–Crippen MR) is 50.0 cm³/mol. The molecule has 1 heterocycles. The molecule has 1 aromatic heterocycles. The molecule has 0 fully saturated rings. The van der Waals surface area contributed by atoms with E-state index in [1.165, 1.54) is 0 Å². The standard InChI is InChI=1S/C9H17N3/c1-9(2,3)12-6-5-8(11-12)7-10-4/h5-6,10H,7H2,1-4H3. The second-order valence-electron chi connectivity index (χ2n) is 3.95. The lowest BCUT2D eigenvalue weighted by atomic mass is 10.1. The third kappa shape index (κ3) is 2.08. The van der Waals surface area contributed by atoms with Gasteiger partial charge in [-0.2, -0.15) is 5.10 Å². The number of nitrogens with one attached hydrogen (secondary N) is 1. The Morgan fingerprint density at radius 1 is 1.50 bits per heavy atom. The average Bonchev–Trinajstić information content (AvgIpc) is 2.35. The molecule has 0 unspecified atom stereocenters. The molecular formula is C9H17N3. The van der Waals surface area contributed by atoms with E-state index in [0.29, 0.717) is 0 Å². The Bertz CT molecular complexity index is 245. The predicted octanol–water partition coefficient (Wildman–Crippen LogP) is 1.36. The Hall–Kier alpha value is -0.830. The molecule has 0 radical (unpaired) electrons. The van der Waals surface area contributed by atoms with E-state index in [2.05, 4.69) is 31.2 Å². The second kappa shape index (κ2) is 3.27. The summed E-state index contributed by atoms with van der Waals surface area (Å²) in [7, 11) is 1.93. The summed E-state index contributed by atoms with van der Waals surface area (Å²) in [5.41, 5.74) is 1.18. The molecule has 0 saturated carbocycles. The van der Waals surface area contributed by atoms with E-state index in [0.717, 1.165) is 12.2 Å². The highest BCUT2D eigenvalue weighted by Crippen LogP contribution is 2.12. The normalized spacial score (nSPS) is 12.0. The highest BCUT2D eigenvalue weighted by atomic mass is 15.3. The minimum Gasteiger partial charge on any atom is -0.314 e. The minimum absolute atomic E-state index is 0.0893. The van der Waals surface area contributed by atoms with Crippen LogP contribution in [0.2, 0.25) is 0 Å². The molecule has 0 bridgehead atoms. The summed E-state index contributed by atoms with van der Waals surface area (Å²) in [4.78, 5) is 0. The van der Waals surface area contributed by atoms with Crippen molar-refractivity contribution in [2.24, 2.45) is 0 Å². The zero-order chi connectivity index (χ0) is 9.19. The van der Waals surface area contributed by atoms with Gasteiger partial charge in [0.15, 0.2) is 0 Å². The lowest BCUT2D eigenvalue weighted by Crippen LogP contribution is -2.22. The molecule has 0 atom stereocenters. The van der Waals surface area contributed by atoms with Gasteiger partial charge in [-0.3, -0.25) is 4.68 Å². The molecule has 68 valence electrons. The summed E-state index contributed by atoms with van der Waals surface area (Å²) >= 11 is 0. The van der Waals surface area contributed by atoms with Gasteiger partial charge in [0.25, 0.3) is 0 Å². The molecule has 0 amide bonds. The Kier molecular flexibility index (Phi) is 2.52. The zero-order valence-electron chi connectivity index (χ0n) is 8.26. The Morgan fingerprint density at radius 3 is 2.58 bits per heavy atom. The Labute approximate surface area is 73.8 Å². The first-order valence-electron chi connectivity index (χ1n) is 4.23. The van der Waals surface area contributed by atoms with E-state index < -0.39 is 0 Å². The number of rotatable bonds is 2. The highest BCUT2D eigenvalue weighted by Gasteiger charge is 2.13. The van der Waals surface area contributed by atoms with Crippen LogP contribution in [0.4, 0.5) is 0 Å². The van der Waals surface area contributed by atoms with Crippen molar-refractivity contribution in [3.63, 3.8) is 0 Å². The first-order valence-corrected chi connectivity index (χ1v) is 4.23. The lowest BCUT2D eigenvalue weighted by Gasteiger charge is -2.18. The van der Waals surface area contributed by atoms with Gasteiger partial charge in [-0.25, -0.2) is 0 Å². The summed E-state index contributed by atoms with van der Waals surface area (Å²) in [6, 6.07) is 2.04. The van der Waals surface area contributed by atoms with Crippen molar-refractivity contribution >= 4 is 0 Å².